The van der Waals surface area contributed by atoms with Gasteiger partial charge in [-0.25, -0.2) is 0 Å². The number of hydrogen-bond donors (Lipinski definition) is 1. The molecule has 1 rings (SSSR count). The largest absolute Gasteiger partial charge is 0.456 e. The van der Waals surface area contributed by atoms with Crippen molar-refractivity contribution in [1.82, 2.24) is 4.90 Å². The molecule has 0 aliphatic heterocycles. The Morgan fingerprint density at radius 3 is 2.71 bits per heavy atom. The van der Waals surface area contributed by atoms with Crippen molar-refractivity contribution in [3.05, 3.63) is 23.7 Å². The van der Waals surface area contributed by atoms with Crippen LogP contribution in [-0.2, 0) is 0 Å². The number of carbonyl (C=O) groups is 1. The lowest BCUT2D eigenvalue weighted by Crippen LogP contribution is -2.34. The first-order chi connectivity index (χ1) is 6.50. The molecule has 0 spiro atoms. The van der Waals surface area contributed by atoms with Crippen LogP contribution in [0.15, 0.2) is 16.5 Å². The number of nitrogens with zero attached hydrogens (tertiary/aromatic N) is 1. The van der Waals surface area contributed by atoms with Gasteiger partial charge in [-0.05, 0) is 19.1 Å². The summed E-state index contributed by atoms with van der Waals surface area (Å²) in [5.74, 6) is 0.796. The lowest BCUT2D eigenvalue weighted by Gasteiger charge is -2.13. The molecule has 0 fully saturated rings. The molecule has 0 unspecified atom stereocenters. The quantitative estimate of drug-likeness (QED) is 0.758. The highest BCUT2D eigenvalue weighted by Crippen LogP contribution is 2.08. The molecule has 1 aromatic rings. The van der Waals surface area contributed by atoms with Crippen LogP contribution in [0.5, 0.6) is 0 Å². The molecule has 1 heterocycles. The van der Waals surface area contributed by atoms with Crippen LogP contribution in [0.3, 0.4) is 0 Å². The van der Waals surface area contributed by atoms with Crippen molar-refractivity contribution in [3.63, 3.8) is 0 Å². The molecule has 0 bridgehead atoms. The number of rotatable bonds is 3. The highest BCUT2D eigenvalue weighted by molar-refractivity contribution is 7.80. The van der Waals surface area contributed by atoms with Crippen molar-refractivity contribution < 1.29 is 9.21 Å². The van der Waals surface area contributed by atoms with Gasteiger partial charge in [0.25, 0.3) is 5.91 Å². The second-order valence-corrected chi connectivity index (χ2v) is 3.56. The third kappa shape index (κ3) is 2.56. The second kappa shape index (κ2) is 4.23. The fraction of sp³-hybridized carbons (Fsp3) is 0.333. The minimum atomic E-state index is -0.217. The SMILES string of the molecule is Cc1ccc(C(=O)N(C)CC(N)=S)o1. The van der Waals surface area contributed by atoms with E-state index in [1.165, 1.54) is 4.90 Å². The van der Waals surface area contributed by atoms with Crippen LogP contribution in [0.4, 0.5) is 0 Å². The van der Waals surface area contributed by atoms with E-state index >= 15 is 0 Å². The zero-order valence-electron chi connectivity index (χ0n) is 8.11. The highest BCUT2D eigenvalue weighted by atomic mass is 32.1. The van der Waals surface area contributed by atoms with E-state index in [1.807, 2.05) is 0 Å². The molecule has 0 aliphatic rings. The maximum absolute atomic E-state index is 11.6. The lowest BCUT2D eigenvalue weighted by atomic mass is 10.4. The Hall–Kier alpha value is -1.36. The van der Waals surface area contributed by atoms with Crippen LogP contribution in [0.2, 0.25) is 0 Å². The molecular formula is C9H12N2O2S. The van der Waals surface area contributed by atoms with Gasteiger partial charge in [0.2, 0.25) is 0 Å². The maximum Gasteiger partial charge on any atom is 0.289 e. The maximum atomic E-state index is 11.6. The van der Waals surface area contributed by atoms with Crippen LogP contribution >= 0.6 is 12.2 Å². The van der Waals surface area contributed by atoms with Crippen molar-refractivity contribution in [1.29, 1.82) is 0 Å². The summed E-state index contributed by atoms with van der Waals surface area (Å²) in [6.07, 6.45) is 0. The lowest BCUT2D eigenvalue weighted by molar-refractivity contribution is 0.0782. The molecule has 5 heteroatoms. The van der Waals surface area contributed by atoms with Gasteiger partial charge < -0.3 is 15.1 Å². The monoisotopic (exact) mass is 212 g/mol. The Morgan fingerprint density at radius 2 is 2.29 bits per heavy atom. The molecule has 0 aliphatic carbocycles. The number of furan rings is 1. The number of aryl methyl sites for hydroxylation is 1. The first-order valence-corrected chi connectivity index (χ1v) is 4.51. The molecule has 0 radical (unpaired) electrons. The van der Waals surface area contributed by atoms with E-state index in [-0.39, 0.29) is 17.4 Å². The van der Waals surface area contributed by atoms with Gasteiger partial charge in [0.05, 0.1) is 11.5 Å². The Morgan fingerprint density at radius 1 is 1.64 bits per heavy atom. The van der Waals surface area contributed by atoms with E-state index in [0.717, 1.165) is 0 Å². The number of hydrogen-bond acceptors (Lipinski definition) is 3. The van der Waals surface area contributed by atoms with Crippen LogP contribution < -0.4 is 5.73 Å². The van der Waals surface area contributed by atoms with Crippen LogP contribution in [-0.4, -0.2) is 29.4 Å². The third-order valence-corrected chi connectivity index (χ3v) is 1.82. The molecular weight excluding hydrogens is 200 g/mol. The van der Waals surface area contributed by atoms with E-state index in [2.05, 4.69) is 0 Å². The summed E-state index contributed by atoms with van der Waals surface area (Å²) in [6.45, 7) is 2.04. The van der Waals surface area contributed by atoms with Crippen LogP contribution in [0.1, 0.15) is 16.3 Å². The zero-order chi connectivity index (χ0) is 10.7. The summed E-state index contributed by atoms with van der Waals surface area (Å²) in [4.78, 5) is 13.3. The molecule has 1 aromatic heterocycles. The summed E-state index contributed by atoms with van der Waals surface area (Å²) in [6, 6.07) is 3.37. The van der Waals surface area contributed by atoms with Crippen molar-refractivity contribution >= 4 is 23.1 Å². The standard InChI is InChI=1S/C9H12N2O2S/c1-6-3-4-7(13-6)9(12)11(2)5-8(10)14/h3-4H,5H2,1-2H3,(H2,10,14). The minimum absolute atomic E-state index is 0.217. The number of nitrogens with two attached hydrogens (primary N) is 1. The third-order valence-electron chi connectivity index (χ3n) is 1.69. The second-order valence-electron chi connectivity index (χ2n) is 3.04. The summed E-state index contributed by atoms with van der Waals surface area (Å²) in [5.41, 5.74) is 5.32. The van der Waals surface area contributed by atoms with E-state index in [9.17, 15) is 4.79 Å². The van der Waals surface area contributed by atoms with Gasteiger partial charge in [-0.1, -0.05) is 12.2 Å². The molecule has 0 saturated carbocycles. The van der Waals surface area contributed by atoms with Gasteiger partial charge >= 0.3 is 0 Å². The average Bonchev–Trinajstić information content (AvgIpc) is 2.49. The van der Waals surface area contributed by atoms with Gasteiger partial charge in [0, 0.05) is 7.05 Å². The Bertz CT molecular complexity index is 359. The smallest absolute Gasteiger partial charge is 0.289 e. The topological polar surface area (TPSA) is 59.5 Å². The molecule has 2 N–H and O–H groups in total. The number of carbonyl (C=O) groups excluding carboxylic acids is 1. The van der Waals surface area contributed by atoms with Crippen molar-refractivity contribution in [2.24, 2.45) is 5.73 Å². The summed E-state index contributed by atoms with van der Waals surface area (Å²) < 4.78 is 5.17. The first kappa shape index (κ1) is 10.7. The Labute approximate surface area is 87.7 Å². The number of likely N-dealkylation sites (N-methyl/N-ethyl adjacent to an activating group) is 1. The molecule has 4 nitrogen and oxygen atoms in total. The predicted octanol–water partition coefficient (Wildman–Crippen LogP) is 0.946. The summed E-state index contributed by atoms with van der Waals surface area (Å²) >= 11 is 4.70. The molecule has 0 atom stereocenters. The van der Waals surface area contributed by atoms with Crippen molar-refractivity contribution in [2.75, 3.05) is 13.6 Å². The molecule has 0 aromatic carbocycles. The van der Waals surface area contributed by atoms with E-state index in [1.54, 1.807) is 26.1 Å². The van der Waals surface area contributed by atoms with Gasteiger partial charge in [-0.15, -0.1) is 0 Å². The highest BCUT2D eigenvalue weighted by Gasteiger charge is 2.15. The average molecular weight is 212 g/mol. The molecule has 1 amide bonds. The number of thiocarbonyl (C=S) groups is 1. The predicted molar refractivity (Wildman–Crippen MR) is 57.2 cm³/mol. The van der Waals surface area contributed by atoms with Gasteiger partial charge in [-0.2, -0.15) is 0 Å². The normalized spacial score (nSPS) is 9.86. The Balaban J connectivity index is 2.70. The summed E-state index contributed by atoms with van der Waals surface area (Å²) in [7, 11) is 1.62. The van der Waals surface area contributed by atoms with Crippen molar-refractivity contribution in [3.8, 4) is 0 Å². The Kier molecular flexibility index (Phi) is 3.24. The fourth-order valence-electron chi connectivity index (χ4n) is 1.04. The van der Waals surface area contributed by atoms with Gasteiger partial charge in [-0.3, -0.25) is 4.79 Å². The van der Waals surface area contributed by atoms with Gasteiger partial charge in [0.15, 0.2) is 5.76 Å². The van der Waals surface area contributed by atoms with Crippen LogP contribution in [0, 0.1) is 6.92 Å². The van der Waals surface area contributed by atoms with Crippen LogP contribution in [0.25, 0.3) is 0 Å². The molecule has 14 heavy (non-hydrogen) atoms. The van der Waals surface area contributed by atoms with Gasteiger partial charge in [0.1, 0.15) is 5.76 Å². The number of amides is 1. The zero-order valence-corrected chi connectivity index (χ0v) is 8.93. The van der Waals surface area contributed by atoms with E-state index in [0.29, 0.717) is 11.5 Å². The molecule has 0 saturated heterocycles. The first-order valence-electron chi connectivity index (χ1n) is 4.11. The van der Waals surface area contributed by atoms with E-state index in [4.69, 9.17) is 22.4 Å². The minimum Gasteiger partial charge on any atom is -0.456 e. The summed E-state index contributed by atoms with van der Waals surface area (Å²) in [5, 5.41) is 0. The fourth-order valence-corrected chi connectivity index (χ4v) is 1.24. The van der Waals surface area contributed by atoms with Crippen molar-refractivity contribution in [2.45, 2.75) is 6.92 Å². The molecule has 76 valence electrons. The van der Waals surface area contributed by atoms with E-state index < -0.39 is 0 Å².